The van der Waals surface area contributed by atoms with Crippen LogP contribution in [0.1, 0.15) is 42.9 Å². The van der Waals surface area contributed by atoms with E-state index in [9.17, 15) is 0 Å². The average Bonchev–Trinajstić information content (AvgIpc) is 3.67. The molecule has 0 bridgehead atoms. The molecule has 11 rings (SSSR count). The molecule has 1 N–H and O–H groups in total. The smallest absolute Gasteiger partial charge is 0.0626 e. The number of nitrogens with zero attached hydrogens (tertiary/aromatic N) is 1. The van der Waals surface area contributed by atoms with Crippen LogP contribution in [0, 0.1) is 0 Å². The molecule has 0 spiro atoms. The number of aromatic nitrogens is 1. The molecule has 8 aromatic carbocycles. The number of hydrogen-bond donors (Lipinski definition) is 1. The van der Waals surface area contributed by atoms with Crippen molar-refractivity contribution in [2.45, 2.75) is 31.6 Å². The Morgan fingerprint density at radius 3 is 2.21 bits per heavy atom. The van der Waals surface area contributed by atoms with Crippen molar-refractivity contribution in [1.29, 1.82) is 0 Å². The number of para-hydroxylation sites is 2. The highest BCUT2D eigenvalue weighted by Crippen LogP contribution is 2.50. The van der Waals surface area contributed by atoms with E-state index in [1.165, 1.54) is 87.6 Å². The van der Waals surface area contributed by atoms with Gasteiger partial charge < -0.3 is 9.88 Å². The van der Waals surface area contributed by atoms with Crippen molar-refractivity contribution in [2.24, 2.45) is 0 Å². The maximum atomic E-state index is 3.87. The second-order valence-electron chi connectivity index (χ2n) is 15.3. The molecule has 0 radical (unpaired) electrons. The summed E-state index contributed by atoms with van der Waals surface area (Å²) in [7, 11) is 0. The van der Waals surface area contributed by atoms with Crippen LogP contribution in [0.3, 0.4) is 0 Å². The summed E-state index contributed by atoms with van der Waals surface area (Å²) >= 11 is 0. The first-order valence-corrected chi connectivity index (χ1v) is 18.8. The molecule has 2 aliphatic carbocycles. The van der Waals surface area contributed by atoms with Gasteiger partial charge in [0.15, 0.2) is 0 Å². The molecule has 2 aliphatic rings. The number of nitrogens with one attached hydrogen (secondary N) is 1. The molecular formula is C51H38N2. The highest BCUT2D eigenvalue weighted by molar-refractivity contribution is 6.37. The Kier molecular flexibility index (Phi) is 6.46. The van der Waals surface area contributed by atoms with Crippen LogP contribution in [0.25, 0.3) is 70.9 Å². The summed E-state index contributed by atoms with van der Waals surface area (Å²) in [6.45, 7) is 4.69. The summed E-state index contributed by atoms with van der Waals surface area (Å²) in [6, 6.07) is 56.0. The van der Waals surface area contributed by atoms with E-state index in [1.54, 1.807) is 0 Å². The molecular weight excluding hydrogens is 641 g/mol. The van der Waals surface area contributed by atoms with E-state index in [-0.39, 0.29) is 11.3 Å². The fourth-order valence-electron chi connectivity index (χ4n) is 9.61. The minimum atomic E-state index is -0.0426. The molecule has 0 amide bonds. The van der Waals surface area contributed by atoms with Crippen molar-refractivity contribution in [2.75, 3.05) is 5.32 Å². The molecule has 0 fully saturated rings. The number of benzene rings is 8. The Balaban J connectivity index is 1.08. The number of rotatable bonds is 4. The largest absolute Gasteiger partial charge is 0.355 e. The van der Waals surface area contributed by atoms with Crippen LogP contribution >= 0.6 is 0 Å². The lowest BCUT2D eigenvalue weighted by Gasteiger charge is -2.24. The summed E-state index contributed by atoms with van der Waals surface area (Å²) in [5.41, 5.74) is 12.7. The predicted octanol–water partition coefficient (Wildman–Crippen LogP) is 13.9. The molecule has 0 saturated heterocycles. The van der Waals surface area contributed by atoms with Gasteiger partial charge in [0, 0.05) is 49.9 Å². The number of fused-ring (bicyclic) bond motifs is 13. The van der Waals surface area contributed by atoms with Crippen molar-refractivity contribution in [3.63, 3.8) is 0 Å². The van der Waals surface area contributed by atoms with Gasteiger partial charge in [0.05, 0.1) is 11.0 Å². The van der Waals surface area contributed by atoms with Gasteiger partial charge in [0.1, 0.15) is 0 Å². The van der Waals surface area contributed by atoms with E-state index in [0.29, 0.717) is 0 Å². The lowest BCUT2D eigenvalue weighted by atomic mass is 9.82. The molecule has 9 aromatic rings. The van der Waals surface area contributed by atoms with Gasteiger partial charge in [-0.1, -0.05) is 153 Å². The summed E-state index contributed by atoms with van der Waals surface area (Å²) in [5, 5.41) is 14.3. The molecule has 0 saturated carbocycles. The molecule has 1 heterocycles. The third-order valence-corrected chi connectivity index (χ3v) is 12.1. The van der Waals surface area contributed by atoms with Gasteiger partial charge in [-0.3, -0.25) is 0 Å². The fraction of sp³-hybridized carbons (Fsp3) is 0.0980. The van der Waals surface area contributed by atoms with Crippen molar-refractivity contribution in [3.8, 4) is 11.1 Å². The first kappa shape index (κ1) is 30.3. The maximum absolute atomic E-state index is 3.87. The van der Waals surface area contributed by atoms with Gasteiger partial charge >= 0.3 is 0 Å². The molecule has 2 nitrogen and oxygen atoms in total. The molecule has 1 unspecified atom stereocenters. The van der Waals surface area contributed by atoms with E-state index in [1.807, 2.05) is 0 Å². The quantitative estimate of drug-likeness (QED) is 0.183. The van der Waals surface area contributed by atoms with Crippen LogP contribution < -0.4 is 5.32 Å². The highest BCUT2D eigenvalue weighted by atomic mass is 15.0. The van der Waals surface area contributed by atoms with Crippen molar-refractivity contribution >= 4 is 71.2 Å². The van der Waals surface area contributed by atoms with Gasteiger partial charge in [0.25, 0.3) is 0 Å². The monoisotopic (exact) mass is 678 g/mol. The summed E-state index contributed by atoms with van der Waals surface area (Å²) < 4.78 is 2.53. The van der Waals surface area contributed by atoms with Crippen LogP contribution in [0.2, 0.25) is 0 Å². The van der Waals surface area contributed by atoms with E-state index in [2.05, 4.69) is 194 Å². The van der Waals surface area contributed by atoms with Crippen LogP contribution in [0.4, 0.5) is 11.4 Å². The van der Waals surface area contributed by atoms with E-state index >= 15 is 0 Å². The predicted molar refractivity (Wildman–Crippen MR) is 226 cm³/mol. The third kappa shape index (κ3) is 4.39. The molecule has 53 heavy (non-hydrogen) atoms. The number of allylic oxidation sites excluding steroid dienone is 4. The zero-order valence-corrected chi connectivity index (χ0v) is 29.9. The van der Waals surface area contributed by atoms with E-state index in [0.717, 1.165) is 17.8 Å². The Morgan fingerprint density at radius 1 is 0.585 bits per heavy atom. The zero-order chi connectivity index (χ0) is 35.3. The van der Waals surface area contributed by atoms with E-state index < -0.39 is 0 Å². The van der Waals surface area contributed by atoms with Gasteiger partial charge in [-0.2, -0.15) is 0 Å². The standard InChI is InChI=1S/C51H38N2/c1-51(2)44-23-10-7-20-39(44)40-29-27-34(31-45(40)51)52-46-24-11-8-17-36(46)33-15-13-16-35(30-33)53-47-25-12-9-22-43(47)49-48-37-18-4-3-14-32(37)26-28-41(48)38-19-5-6-21-42(38)50(49)53/h3-14,16-31,33,52H,15H2,1-2H3. The Hall–Kier alpha value is -6.38. The zero-order valence-electron chi connectivity index (χ0n) is 29.9. The second kappa shape index (κ2) is 11.3. The summed E-state index contributed by atoms with van der Waals surface area (Å²) in [6.07, 6.45) is 8.14. The van der Waals surface area contributed by atoms with E-state index in [4.69, 9.17) is 0 Å². The van der Waals surface area contributed by atoms with Crippen LogP contribution in [-0.2, 0) is 5.41 Å². The molecule has 1 atom stereocenters. The first-order valence-electron chi connectivity index (χ1n) is 18.8. The summed E-state index contributed by atoms with van der Waals surface area (Å²) in [5.74, 6) is 0.206. The van der Waals surface area contributed by atoms with Crippen molar-refractivity contribution in [1.82, 2.24) is 4.57 Å². The molecule has 252 valence electrons. The fourth-order valence-corrected chi connectivity index (χ4v) is 9.61. The molecule has 0 aliphatic heterocycles. The highest BCUT2D eigenvalue weighted by Gasteiger charge is 2.35. The Labute approximate surface area is 309 Å². The lowest BCUT2D eigenvalue weighted by molar-refractivity contribution is 0.660. The minimum absolute atomic E-state index is 0.0426. The SMILES string of the molecule is CC1(C)c2ccccc2-c2ccc(Nc3ccccc3C3C=C(n4c5ccccc5c5c6c7ccccc7ccc6c6ccccc6c54)C=CC3)cc21. The topological polar surface area (TPSA) is 17.0 Å². The van der Waals surface area contributed by atoms with Crippen LogP contribution in [-0.4, -0.2) is 4.57 Å². The normalized spacial score (nSPS) is 16.0. The van der Waals surface area contributed by atoms with Crippen molar-refractivity contribution in [3.05, 3.63) is 187 Å². The van der Waals surface area contributed by atoms with Crippen molar-refractivity contribution < 1.29 is 0 Å². The molecule has 2 heteroatoms. The first-order chi connectivity index (χ1) is 26.1. The Morgan fingerprint density at radius 2 is 1.30 bits per heavy atom. The third-order valence-electron chi connectivity index (χ3n) is 12.1. The minimum Gasteiger partial charge on any atom is -0.355 e. The van der Waals surface area contributed by atoms with Gasteiger partial charge in [-0.25, -0.2) is 0 Å². The van der Waals surface area contributed by atoms with Gasteiger partial charge in [-0.15, -0.1) is 0 Å². The Bertz CT molecular complexity index is 3040. The van der Waals surface area contributed by atoms with Crippen LogP contribution in [0.5, 0.6) is 0 Å². The maximum Gasteiger partial charge on any atom is 0.0626 e. The second-order valence-corrected chi connectivity index (χ2v) is 15.3. The molecule has 1 aromatic heterocycles. The number of hydrogen-bond acceptors (Lipinski definition) is 1. The lowest BCUT2D eigenvalue weighted by Crippen LogP contribution is -2.15. The van der Waals surface area contributed by atoms with Gasteiger partial charge in [0.2, 0.25) is 0 Å². The number of anilines is 2. The average molecular weight is 679 g/mol. The summed E-state index contributed by atoms with van der Waals surface area (Å²) in [4.78, 5) is 0. The van der Waals surface area contributed by atoms with Gasteiger partial charge in [-0.05, 0) is 86.1 Å². The van der Waals surface area contributed by atoms with Crippen LogP contribution in [0.15, 0.2) is 170 Å².